The van der Waals surface area contributed by atoms with E-state index in [9.17, 15) is 9.59 Å². The molecule has 0 spiro atoms. The number of hydrogen-bond donors (Lipinski definition) is 1. The number of benzene rings is 1. The minimum atomic E-state index is -0.425. The lowest BCUT2D eigenvalue weighted by Crippen LogP contribution is -2.39. The molecule has 1 aromatic carbocycles. The number of nitrogens with one attached hydrogen (secondary N) is 1. The summed E-state index contributed by atoms with van der Waals surface area (Å²) in [5.74, 6) is 5.38. The molecule has 2 amide bonds. The maximum atomic E-state index is 12.2. The Balaban J connectivity index is 2.02. The third kappa shape index (κ3) is 3.01. The minimum Gasteiger partial charge on any atom is -0.304 e. The number of imide groups is 1. The number of carbonyl (C=O) groups is 2. The van der Waals surface area contributed by atoms with Crippen molar-refractivity contribution in [3.8, 4) is 11.8 Å². The molecule has 1 fully saturated rings. The van der Waals surface area contributed by atoms with Crippen molar-refractivity contribution in [2.75, 3.05) is 11.4 Å². The zero-order valence-corrected chi connectivity index (χ0v) is 10.8. The summed E-state index contributed by atoms with van der Waals surface area (Å²) in [6.07, 6.45) is 0.896. The average Bonchev–Trinajstić information content (AvgIpc) is 2.71. The maximum Gasteiger partial charge on any atom is 0.251 e. The van der Waals surface area contributed by atoms with E-state index in [0.29, 0.717) is 18.7 Å². The van der Waals surface area contributed by atoms with Gasteiger partial charge in [0.15, 0.2) is 0 Å². The van der Waals surface area contributed by atoms with E-state index in [0.717, 1.165) is 0 Å². The molecule has 4 heteroatoms. The van der Waals surface area contributed by atoms with Gasteiger partial charge in [-0.2, -0.15) is 0 Å². The molecule has 19 heavy (non-hydrogen) atoms. The second kappa shape index (κ2) is 6.17. The lowest BCUT2D eigenvalue weighted by molar-refractivity contribution is -0.121. The molecule has 1 saturated heterocycles. The number of nitrogens with zero attached hydrogens (tertiary/aromatic N) is 1. The number of para-hydroxylation sites is 1. The summed E-state index contributed by atoms with van der Waals surface area (Å²) >= 11 is 0. The van der Waals surface area contributed by atoms with Crippen LogP contribution in [0.3, 0.4) is 0 Å². The zero-order valence-electron chi connectivity index (χ0n) is 10.8. The molecule has 1 heterocycles. The van der Waals surface area contributed by atoms with Crippen molar-refractivity contribution in [2.45, 2.75) is 25.8 Å². The molecule has 0 radical (unpaired) electrons. The molecule has 1 aliphatic heterocycles. The Morgan fingerprint density at radius 3 is 2.74 bits per heavy atom. The van der Waals surface area contributed by atoms with Crippen molar-refractivity contribution in [3.63, 3.8) is 0 Å². The van der Waals surface area contributed by atoms with E-state index in [1.165, 1.54) is 4.90 Å². The number of carbonyl (C=O) groups excluding carboxylic acids is 2. The predicted molar refractivity (Wildman–Crippen MR) is 73.4 cm³/mol. The molecule has 4 nitrogen and oxygen atoms in total. The molecule has 1 unspecified atom stereocenters. The van der Waals surface area contributed by atoms with Crippen LogP contribution in [-0.2, 0) is 9.59 Å². The largest absolute Gasteiger partial charge is 0.304 e. The summed E-state index contributed by atoms with van der Waals surface area (Å²) in [7, 11) is 0. The van der Waals surface area contributed by atoms with Gasteiger partial charge in [0.2, 0.25) is 5.91 Å². The molecular weight excluding hydrogens is 240 g/mol. The van der Waals surface area contributed by atoms with Crippen molar-refractivity contribution in [1.29, 1.82) is 0 Å². The molecule has 1 aliphatic rings. The first-order valence-electron chi connectivity index (χ1n) is 6.29. The fourth-order valence-electron chi connectivity index (χ4n) is 2.07. The van der Waals surface area contributed by atoms with Gasteiger partial charge in [-0.05, 0) is 19.1 Å². The monoisotopic (exact) mass is 256 g/mol. The van der Waals surface area contributed by atoms with E-state index < -0.39 is 6.04 Å². The van der Waals surface area contributed by atoms with Crippen LogP contribution in [0.1, 0.15) is 19.8 Å². The molecule has 1 atom stereocenters. The second-order valence-corrected chi connectivity index (χ2v) is 4.29. The SMILES string of the molecule is CC#CCCNC1CC(=O)N(c2ccccc2)C1=O. The Labute approximate surface area is 112 Å². The van der Waals surface area contributed by atoms with Crippen molar-refractivity contribution in [1.82, 2.24) is 5.32 Å². The van der Waals surface area contributed by atoms with Crippen LogP contribution in [0.25, 0.3) is 0 Å². The van der Waals surface area contributed by atoms with Gasteiger partial charge in [-0.25, -0.2) is 4.90 Å². The Bertz CT molecular complexity index is 528. The average molecular weight is 256 g/mol. The van der Waals surface area contributed by atoms with Crippen molar-refractivity contribution in [3.05, 3.63) is 30.3 Å². The highest BCUT2D eigenvalue weighted by molar-refractivity contribution is 6.22. The van der Waals surface area contributed by atoms with E-state index in [-0.39, 0.29) is 18.2 Å². The number of amides is 2. The van der Waals surface area contributed by atoms with Crippen LogP contribution in [0.2, 0.25) is 0 Å². The lowest BCUT2D eigenvalue weighted by atomic mass is 10.2. The van der Waals surface area contributed by atoms with Gasteiger partial charge < -0.3 is 5.32 Å². The van der Waals surface area contributed by atoms with E-state index in [1.54, 1.807) is 19.1 Å². The highest BCUT2D eigenvalue weighted by atomic mass is 16.2. The van der Waals surface area contributed by atoms with Crippen LogP contribution >= 0.6 is 0 Å². The minimum absolute atomic E-state index is 0.157. The Morgan fingerprint density at radius 2 is 2.05 bits per heavy atom. The van der Waals surface area contributed by atoms with E-state index in [4.69, 9.17) is 0 Å². The predicted octanol–water partition coefficient (Wildman–Crippen LogP) is 1.32. The molecule has 0 aromatic heterocycles. The topological polar surface area (TPSA) is 49.4 Å². The van der Waals surface area contributed by atoms with Gasteiger partial charge in [-0.1, -0.05) is 18.2 Å². The molecule has 1 N–H and O–H groups in total. The fraction of sp³-hybridized carbons (Fsp3) is 0.333. The third-order valence-corrected chi connectivity index (χ3v) is 2.98. The van der Waals surface area contributed by atoms with E-state index in [2.05, 4.69) is 17.2 Å². The summed E-state index contributed by atoms with van der Waals surface area (Å²) in [5, 5.41) is 3.08. The Hall–Kier alpha value is -2.12. The van der Waals surface area contributed by atoms with Crippen molar-refractivity contribution < 1.29 is 9.59 Å². The first-order chi connectivity index (χ1) is 9.24. The quantitative estimate of drug-likeness (QED) is 0.502. The maximum absolute atomic E-state index is 12.2. The Kier molecular flexibility index (Phi) is 4.32. The molecule has 0 aliphatic carbocycles. The first kappa shape index (κ1) is 13.3. The zero-order chi connectivity index (χ0) is 13.7. The van der Waals surface area contributed by atoms with E-state index >= 15 is 0 Å². The second-order valence-electron chi connectivity index (χ2n) is 4.29. The van der Waals surface area contributed by atoms with Crippen LogP contribution in [0, 0.1) is 11.8 Å². The first-order valence-corrected chi connectivity index (χ1v) is 6.29. The van der Waals surface area contributed by atoms with Gasteiger partial charge in [0.25, 0.3) is 5.91 Å². The summed E-state index contributed by atoms with van der Waals surface area (Å²) in [6.45, 7) is 2.40. The Morgan fingerprint density at radius 1 is 1.32 bits per heavy atom. The van der Waals surface area contributed by atoms with Gasteiger partial charge in [0.05, 0.1) is 18.2 Å². The van der Waals surface area contributed by atoms with Crippen molar-refractivity contribution >= 4 is 17.5 Å². The van der Waals surface area contributed by atoms with E-state index in [1.807, 2.05) is 18.2 Å². The van der Waals surface area contributed by atoms with Crippen LogP contribution in [0.5, 0.6) is 0 Å². The molecule has 0 saturated carbocycles. The number of rotatable bonds is 4. The molecule has 98 valence electrons. The van der Waals surface area contributed by atoms with Crippen LogP contribution in [0.15, 0.2) is 30.3 Å². The number of anilines is 1. The summed E-state index contributed by atoms with van der Waals surface area (Å²) in [6, 6.07) is 8.59. The van der Waals surface area contributed by atoms with Crippen LogP contribution in [-0.4, -0.2) is 24.4 Å². The summed E-state index contributed by atoms with van der Waals surface area (Å²) in [4.78, 5) is 25.4. The molecular formula is C15H16N2O2. The molecule has 0 bridgehead atoms. The number of hydrogen-bond acceptors (Lipinski definition) is 3. The van der Waals surface area contributed by atoms with Gasteiger partial charge in [0.1, 0.15) is 0 Å². The lowest BCUT2D eigenvalue weighted by Gasteiger charge is -2.15. The third-order valence-electron chi connectivity index (χ3n) is 2.98. The fourth-order valence-corrected chi connectivity index (χ4v) is 2.07. The van der Waals surface area contributed by atoms with Gasteiger partial charge >= 0.3 is 0 Å². The molecule has 1 aromatic rings. The standard InChI is InChI=1S/C15H16N2O2/c1-2-3-7-10-16-13-11-14(18)17(15(13)19)12-8-5-4-6-9-12/h4-6,8-9,13,16H,7,10-11H2,1H3. The van der Waals surface area contributed by atoms with Crippen LogP contribution < -0.4 is 10.2 Å². The summed E-state index contributed by atoms with van der Waals surface area (Å²) < 4.78 is 0. The van der Waals surface area contributed by atoms with Crippen LogP contribution in [0.4, 0.5) is 5.69 Å². The van der Waals surface area contributed by atoms with Gasteiger partial charge in [-0.3, -0.25) is 9.59 Å². The smallest absolute Gasteiger partial charge is 0.251 e. The van der Waals surface area contributed by atoms with Crippen molar-refractivity contribution in [2.24, 2.45) is 0 Å². The highest BCUT2D eigenvalue weighted by Crippen LogP contribution is 2.22. The highest BCUT2D eigenvalue weighted by Gasteiger charge is 2.38. The summed E-state index contributed by atoms with van der Waals surface area (Å²) in [5.41, 5.74) is 0.634. The van der Waals surface area contributed by atoms with Gasteiger partial charge in [-0.15, -0.1) is 11.8 Å². The molecule has 2 rings (SSSR count). The normalized spacial score (nSPS) is 18.4. The van der Waals surface area contributed by atoms with Gasteiger partial charge in [0, 0.05) is 13.0 Å².